The maximum absolute atomic E-state index is 4.71. The summed E-state index contributed by atoms with van der Waals surface area (Å²) in [6.45, 7) is 8.50. The van der Waals surface area contributed by atoms with Gasteiger partial charge in [-0.15, -0.1) is 0 Å². The molecule has 21 heavy (non-hydrogen) atoms. The maximum atomic E-state index is 4.71. The molecule has 0 atom stereocenters. The molecular formula is C18H21N3. The number of anilines is 2. The summed E-state index contributed by atoms with van der Waals surface area (Å²) >= 11 is 0. The van der Waals surface area contributed by atoms with Crippen molar-refractivity contribution in [2.45, 2.75) is 27.7 Å². The number of nitrogens with zero attached hydrogens (tertiary/aromatic N) is 2. The second-order valence-corrected chi connectivity index (χ2v) is 5.89. The van der Waals surface area contributed by atoms with E-state index in [1.165, 1.54) is 22.3 Å². The lowest BCUT2D eigenvalue weighted by molar-refractivity contribution is 0.956. The highest BCUT2D eigenvalue weighted by molar-refractivity contribution is 5.80. The average Bonchev–Trinajstić information content (AvgIpc) is 2.71. The van der Waals surface area contributed by atoms with E-state index in [9.17, 15) is 0 Å². The van der Waals surface area contributed by atoms with Crippen molar-refractivity contribution < 1.29 is 0 Å². The number of aromatic nitrogens is 2. The van der Waals surface area contributed by atoms with Crippen LogP contribution in [0.1, 0.15) is 22.3 Å². The predicted molar refractivity (Wildman–Crippen MR) is 89.4 cm³/mol. The van der Waals surface area contributed by atoms with Crippen LogP contribution >= 0.6 is 0 Å². The Kier molecular flexibility index (Phi) is 3.20. The third-order valence-electron chi connectivity index (χ3n) is 3.95. The Balaban J connectivity index is 2.08. The van der Waals surface area contributed by atoms with Crippen molar-refractivity contribution in [3.05, 3.63) is 52.6 Å². The van der Waals surface area contributed by atoms with E-state index in [0.717, 1.165) is 22.7 Å². The fourth-order valence-corrected chi connectivity index (χ4v) is 2.90. The molecular weight excluding hydrogens is 258 g/mol. The van der Waals surface area contributed by atoms with Gasteiger partial charge >= 0.3 is 0 Å². The van der Waals surface area contributed by atoms with Crippen LogP contribution in [0, 0.1) is 27.7 Å². The number of fused-ring (bicyclic) bond motifs is 1. The first-order valence-electron chi connectivity index (χ1n) is 7.23. The Morgan fingerprint density at radius 3 is 2.24 bits per heavy atom. The summed E-state index contributed by atoms with van der Waals surface area (Å²) in [6, 6.07) is 10.7. The van der Waals surface area contributed by atoms with Crippen LogP contribution < -0.4 is 5.32 Å². The van der Waals surface area contributed by atoms with E-state index < -0.39 is 0 Å². The van der Waals surface area contributed by atoms with Gasteiger partial charge in [-0.05, 0) is 56.5 Å². The lowest BCUT2D eigenvalue weighted by atomic mass is 10.1. The number of hydrogen-bond donors (Lipinski definition) is 1. The molecule has 2 aromatic carbocycles. The normalized spacial score (nSPS) is 11.1. The molecule has 1 aromatic heterocycles. The Labute approximate surface area is 125 Å². The molecule has 0 bridgehead atoms. The van der Waals surface area contributed by atoms with Gasteiger partial charge in [0.2, 0.25) is 5.95 Å². The van der Waals surface area contributed by atoms with Crippen LogP contribution in [0.3, 0.4) is 0 Å². The molecule has 1 heterocycles. The van der Waals surface area contributed by atoms with Crippen molar-refractivity contribution in [2.24, 2.45) is 7.05 Å². The summed E-state index contributed by atoms with van der Waals surface area (Å²) in [4.78, 5) is 4.71. The molecule has 0 saturated heterocycles. The van der Waals surface area contributed by atoms with Gasteiger partial charge in [0.05, 0.1) is 11.0 Å². The number of hydrogen-bond acceptors (Lipinski definition) is 2. The van der Waals surface area contributed by atoms with Gasteiger partial charge in [-0.2, -0.15) is 0 Å². The zero-order valence-electron chi connectivity index (χ0n) is 13.3. The summed E-state index contributed by atoms with van der Waals surface area (Å²) in [7, 11) is 2.05. The van der Waals surface area contributed by atoms with Gasteiger partial charge in [0, 0.05) is 12.7 Å². The number of benzene rings is 2. The van der Waals surface area contributed by atoms with Gasteiger partial charge in [-0.3, -0.25) is 0 Å². The quantitative estimate of drug-likeness (QED) is 0.745. The zero-order valence-corrected chi connectivity index (χ0v) is 13.3. The highest BCUT2D eigenvalue weighted by Crippen LogP contribution is 2.27. The predicted octanol–water partition coefficient (Wildman–Crippen LogP) is 4.55. The van der Waals surface area contributed by atoms with Gasteiger partial charge in [-0.1, -0.05) is 23.8 Å². The fourth-order valence-electron chi connectivity index (χ4n) is 2.90. The van der Waals surface area contributed by atoms with E-state index in [0.29, 0.717) is 0 Å². The van der Waals surface area contributed by atoms with Crippen LogP contribution in [0.15, 0.2) is 30.3 Å². The summed E-state index contributed by atoms with van der Waals surface area (Å²) in [5.74, 6) is 0.880. The molecule has 0 aliphatic carbocycles. The Morgan fingerprint density at radius 1 is 0.905 bits per heavy atom. The van der Waals surface area contributed by atoms with Crippen LogP contribution in [0.5, 0.6) is 0 Å². The van der Waals surface area contributed by atoms with Crippen molar-refractivity contribution >= 4 is 22.7 Å². The van der Waals surface area contributed by atoms with Crippen molar-refractivity contribution in [2.75, 3.05) is 5.32 Å². The number of aryl methyl sites for hydroxylation is 5. The van der Waals surface area contributed by atoms with Crippen molar-refractivity contribution in [3.63, 3.8) is 0 Å². The standard InChI is InChI=1S/C18H21N3/c1-11-6-7-15-16(10-11)21(5)18(19-15)20-17-13(3)8-12(2)9-14(17)4/h6-10H,1-5H3,(H,19,20). The molecule has 0 amide bonds. The summed E-state index contributed by atoms with van der Waals surface area (Å²) in [5, 5.41) is 3.50. The Morgan fingerprint density at radius 2 is 1.57 bits per heavy atom. The highest BCUT2D eigenvalue weighted by Gasteiger charge is 2.10. The second kappa shape index (κ2) is 4.92. The van der Waals surface area contributed by atoms with E-state index >= 15 is 0 Å². The van der Waals surface area contributed by atoms with Crippen LogP contribution in [0.2, 0.25) is 0 Å². The summed E-state index contributed by atoms with van der Waals surface area (Å²) in [5.41, 5.74) is 8.35. The first-order chi connectivity index (χ1) is 9.95. The minimum absolute atomic E-state index is 0.880. The number of imidazole rings is 1. The zero-order chi connectivity index (χ0) is 15.1. The fraction of sp³-hybridized carbons (Fsp3) is 0.278. The minimum Gasteiger partial charge on any atom is -0.325 e. The van der Waals surface area contributed by atoms with Crippen molar-refractivity contribution in [3.8, 4) is 0 Å². The van der Waals surface area contributed by atoms with Gasteiger partial charge in [-0.25, -0.2) is 4.98 Å². The number of rotatable bonds is 2. The number of nitrogens with one attached hydrogen (secondary N) is 1. The molecule has 1 N–H and O–H groups in total. The SMILES string of the molecule is Cc1cc(C)c(Nc2nc3ccc(C)cc3n2C)c(C)c1. The summed E-state index contributed by atoms with van der Waals surface area (Å²) in [6.07, 6.45) is 0. The molecule has 0 fully saturated rings. The van der Waals surface area contributed by atoms with Crippen LogP contribution in [0.25, 0.3) is 11.0 Å². The largest absolute Gasteiger partial charge is 0.325 e. The molecule has 0 aliphatic heterocycles. The van der Waals surface area contributed by atoms with Gasteiger partial charge in [0.25, 0.3) is 0 Å². The van der Waals surface area contributed by atoms with E-state index in [-0.39, 0.29) is 0 Å². The minimum atomic E-state index is 0.880. The summed E-state index contributed by atoms with van der Waals surface area (Å²) < 4.78 is 2.11. The van der Waals surface area contributed by atoms with Crippen LogP contribution in [-0.2, 0) is 7.05 Å². The topological polar surface area (TPSA) is 29.9 Å². The van der Waals surface area contributed by atoms with Crippen molar-refractivity contribution in [1.82, 2.24) is 9.55 Å². The average molecular weight is 279 g/mol. The third-order valence-corrected chi connectivity index (χ3v) is 3.95. The van der Waals surface area contributed by atoms with Crippen LogP contribution in [-0.4, -0.2) is 9.55 Å². The third kappa shape index (κ3) is 2.40. The highest BCUT2D eigenvalue weighted by atomic mass is 15.2. The smallest absolute Gasteiger partial charge is 0.208 e. The maximum Gasteiger partial charge on any atom is 0.208 e. The van der Waals surface area contributed by atoms with E-state index in [4.69, 9.17) is 4.98 Å². The second-order valence-electron chi connectivity index (χ2n) is 5.89. The molecule has 0 unspecified atom stereocenters. The molecule has 3 nitrogen and oxygen atoms in total. The van der Waals surface area contributed by atoms with E-state index in [1.54, 1.807) is 0 Å². The first kappa shape index (κ1) is 13.7. The molecule has 3 rings (SSSR count). The molecule has 0 spiro atoms. The van der Waals surface area contributed by atoms with E-state index in [1.807, 2.05) is 0 Å². The Bertz CT molecular complexity index is 805. The molecule has 108 valence electrons. The van der Waals surface area contributed by atoms with Gasteiger partial charge in [0.1, 0.15) is 0 Å². The van der Waals surface area contributed by atoms with E-state index in [2.05, 4.69) is 75.0 Å². The molecule has 0 radical (unpaired) electrons. The monoisotopic (exact) mass is 279 g/mol. The molecule has 0 aliphatic rings. The first-order valence-corrected chi connectivity index (χ1v) is 7.23. The lowest BCUT2D eigenvalue weighted by Gasteiger charge is -2.13. The molecule has 3 aromatic rings. The lowest BCUT2D eigenvalue weighted by Crippen LogP contribution is -2.02. The molecule has 0 saturated carbocycles. The van der Waals surface area contributed by atoms with Crippen molar-refractivity contribution in [1.29, 1.82) is 0 Å². The molecule has 3 heteroatoms. The Hall–Kier alpha value is -2.29. The van der Waals surface area contributed by atoms with Gasteiger partial charge in [0.15, 0.2) is 0 Å². The van der Waals surface area contributed by atoms with Gasteiger partial charge < -0.3 is 9.88 Å². The van der Waals surface area contributed by atoms with Crippen LogP contribution in [0.4, 0.5) is 11.6 Å².